The molecule has 0 saturated heterocycles. The summed E-state index contributed by atoms with van der Waals surface area (Å²) < 4.78 is 29.9. The van der Waals surface area contributed by atoms with Gasteiger partial charge in [-0.2, -0.15) is 0 Å². The van der Waals surface area contributed by atoms with E-state index in [2.05, 4.69) is 9.55 Å². The lowest BCUT2D eigenvalue weighted by molar-refractivity contribution is 0.355. The molecule has 5 rings (SSSR count). The van der Waals surface area contributed by atoms with Gasteiger partial charge in [0.15, 0.2) is 5.65 Å². The number of rotatable bonds is 3. The Morgan fingerprint density at radius 3 is 2.54 bits per heavy atom. The van der Waals surface area contributed by atoms with Gasteiger partial charge in [-0.05, 0) is 38.0 Å². The third-order valence-corrected chi connectivity index (χ3v) is 7.43. The van der Waals surface area contributed by atoms with E-state index in [0.717, 1.165) is 35.1 Å². The fourth-order valence-corrected chi connectivity index (χ4v) is 5.77. The van der Waals surface area contributed by atoms with Gasteiger partial charge in [-0.3, -0.25) is 0 Å². The van der Waals surface area contributed by atoms with Gasteiger partial charge < -0.3 is 4.57 Å². The topological polar surface area (TPSA) is 69.8 Å². The molecule has 0 radical (unpaired) electrons. The first-order valence-electron chi connectivity index (χ1n) is 9.72. The molecule has 0 unspecified atom stereocenters. The molecule has 0 amide bonds. The van der Waals surface area contributed by atoms with E-state index in [1.54, 1.807) is 42.7 Å². The standard InChI is InChI=1S/C21H22N4O2S/c1-15-23-19-14-22-21-18(20(19)25(15)16-8-4-2-5-9-16)12-13-24(21)28(26,27)17-10-6-3-7-11-17/h3,6-7,10-14,16H,2,4-5,8-9H2,1H3. The Kier molecular flexibility index (Phi) is 4.01. The average molecular weight is 395 g/mol. The fraction of sp³-hybridized carbons (Fsp3) is 0.333. The van der Waals surface area contributed by atoms with Gasteiger partial charge in [0.2, 0.25) is 0 Å². The number of benzene rings is 1. The summed E-state index contributed by atoms with van der Waals surface area (Å²) in [7, 11) is -3.70. The highest BCUT2D eigenvalue weighted by Crippen LogP contribution is 2.35. The predicted octanol–water partition coefficient (Wildman–Crippen LogP) is 4.44. The summed E-state index contributed by atoms with van der Waals surface area (Å²) in [6.45, 7) is 2.03. The highest BCUT2D eigenvalue weighted by Gasteiger charge is 2.25. The van der Waals surface area contributed by atoms with E-state index >= 15 is 0 Å². The van der Waals surface area contributed by atoms with Crippen molar-refractivity contribution >= 4 is 32.1 Å². The Labute approximate surface area is 163 Å². The molecule has 1 saturated carbocycles. The van der Waals surface area contributed by atoms with Crippen molar-refractivity contribution in [3.8, 4) is 0 Å². The Bertz CT molecular complexity index is 1270. The molecule has 0 N–H and O–H groups in total. The quantitative estimate of drug-likeness (QED) is 0.515. The summed E-state index contributed by atoms with van der Waals surface area (Å²) >= 11 is 0. The fourth-order valence-electron chi connectivity index (χ4n) is 4.45. The molecule has 28 heavy (non-hydrogen) atoms. The van der Waals surface area contributed by atoms with Crippen LogP contribution in [0.3, 0.4) is 0 Å². The lowest BCUT2D eigenvalue weighted by atomic mass is 9.95. The van der Waals surface area contributed by atoms with Crippen LogP contribution in [0.25, 0.3) is 22.1 Å². The van der Waals surface area contributed by atoms with E-state index in [4.69, 9.17) is 4.98 Å². The first kappa shape index (κ1) is 17.4. The average Bonchev–Trinajstić information content (AvgIpc) is 3.30. The molecule has 1 aromatic carbocycles. The number of nitrogens with zero attached hydrogens (tertiary/aromatic N) is 4. The Hall–Kier alpha value is -2.67. The Morgan fingerprint density at radius 2 is 1.79 bits per heavy atom. The van der Waals surface area contributed by atoms with E-state index in [-0.39, 0.29) is 4.90 Å². The summed E-state index contributed by atoms with van der Waals surface area (Å²) in [6.07, 6.45) is 9.31. The van der Waals surface area contributed by atoms with Crippen LogP contribution in [0.15, 0.2) is 53.7 Å². The Morgan fingerprint density at radius 1 is 1.04 bits per heavy atom. The third kappa shape index (κ3) is 2.57. The van der Waals surface area contributed by atoms with E-state index in [1.165, 1.54) is 23.2 Å². The number of pyridine rings is 1. The lowest BCUT2D eigenvalue weighted by Gasteiger charge is -2.25. The third-order valence-electron chi connectivity index (χ3n) is 5.74. The van der Waals surface area contributed by atoms with Gasteiger partial charge in [0.25, 0.3) is 10.0 Å². The van der Waals surface area contributed by atoms with Crippen molar-refractivity contribution < 1.29 is 8.42 Å². The second-order valence-corrected chi connectivity index (χ2v) is 9.29. The molecule has 3 heterocycles. The number of imidazole rings is 1. The lowest BCUT2D eigenvalue weighted by Crippen LogP contribution is -2.14. The monoisotopic (exact) mass is 394 g/mol. The summed E-state index contributed by atoms with van der Waals surface area (Å²) in [5.74, 6) is 0.967. The number of hydrogen-bond acceptors (Lipinski definition) is 4. The van der Waals surface area contributed by atoms with Gasteiger partial charge in [-0.15, -0.1) is 0 Å². The molecule has 0 spiro atoms. The summed E-state index contributed by atoms with van der Waals surface area (Å²) in [5.41, 5.74) is 2.27. The molecule has 7 heteroatoms. The van der Waals surface area contributed by atoms with Gasteiger partial charge in [-0.1, -0.05) is 37.5 Å². The van der Waals surface area contributed by atoms with Crippen LogP contribution in [-0.2, 0) is 10.0 Å². The molecule has 6 nitrogen and oxygen atoms in total. The molecule has 3 aromatic heterocycles. The molecule has 0 bridgehead atoms. The minimum atomic E-state index is -3.70. The molecule has 1 fully saturated rings. The van der Waals surface area contributed by atoms with Crippen LogP contribution in [0.2, 0.25) is 0 Å². The largest absolute Gasteiger partial charge is 0.324 e. The van der Waals surface area contributed by atoms with Crippen molar-refractivity contribution in [2.75, 3.05) is 0 Å². The predicted molar refractivity (Wildman–Crippen MR) is 109 cm³/mol. The van der Waals surface area contributed by atoms with Crippen LogP contribution in [0, 0.1) is 6.92 Å². The smallest absolute Gasteiger partial charge is 0.269 e. The van der Waals surface area contributed by atoms with Gasteiger partial charge in [0.05, 0.1) is 16.6 Å². The maximum absolute atomic E-state index is 13.1. The van der Waals surface area contributed by atoms with Crippen molar-refractivity contribution in [2.45, 2.75) is 50.0 Å². The van der Waals surface area contributed by atoms with Crippen molar-refractivity contribution in [3.05, 3.63) is 54.6 Å². The highest BCUT2D eigenvalue weighted by atomic mass is 32.2. The molecule has 1 aliphatic rings. The molecule has 0 atom stereocenters. The Balaban J connectivity index is 1.75. The normalized spacial score (nSPS) is 16.2. The number of hydrogen-bond donors (Lipinski definition) is 0. The number of aromatic nitrogens is 4. The minimum Gasteiger partial charge on any atom is -0.324 e. The van der Waals surface area contributed by atoms with E-state index in [0.29, 0.717) is 11.7 Å². The van der Waals surface area contributed by atoms with Crippen LogP contribution in [0.4, 0.5) is 0 Å². The molecule has 0 aliphatic heterocycles. The minimum absolute atomic E-state index is 0.256. The van der Waals surface area contributed by atoms with Crippen molar-refractivity contribution in [3.63, 3.8) is 0 Å². The van der Waals surface area contributed by atoms with Gasteiger partial charge in [0.1, 0.15) is 11.3 Å². The van der Waals surface area contributed by atoms with Crippen molar-refractivity contribution in [1.29, 1.82) is 0 Å². The first-order chi connectivity index (χ1) is 13.6. The van der Waals surface area contributed by atoms with E-state index in [1.807, 2.05) is 13.0 Å². The maximum Gasteiger partial charge on any atom is 0.269 e. The highest BCUT2D eigenvalue weighted by molar-refractivity contribution is 7.90. The zero-order chi connectivity index (χ0) is 19.3. The van der Waals surface area contributed by atoms with Gasteiger partial charge in [0, 0.05) is 17.6 Å². The summed E-state index contributed by atoms with van der Waals surface area (Å²) in [4.78, 5) is 9.43. The first-order valence-corrected chi connectivity index (χ1v) is 11.2. The van der Waals surface area contributed by atoms with Gasteiger partial charge in [-0.25, -0.2) is 22.4 Å². The van der Waals surface area contributed by atoms with Crippen molar-refractivity contribution in [1.82, 2.24) is 18.5 Å². The number of aryl methyl sites for hydroxylation is 1. The van der Waals surface area contributed by atoms with Crippen LogP contribution >= 0.6 is 0 Å². The summed E-state index contributed by atoms with van der Waals surface area (Å²) in [6, 6.07) is 10.7. The van der Waals surface area contributed by atoms with Crippen LogP contribution in [0.5, 0.6) is 0 Å². The second-order valence-electron chi connectivity index (χ2n) is 7.48. The molecule has 1 aliphatic carbocycles. The SMILES string of the molecule is Cc1nc2cnc3c(ccn3S(=O)(=O)c3ccccc3)c2n1C1CCCCC1. The molecule has 4 aromatic rings. The molecular formula is C21H22N4O2S. The zero-order valence-corrected chi connectivity index (χ0v) is 16.6. The van der Waals surface area contributed by atoms with Crippen LogP contribution < -0.4 is 0 Å². The van der Waals surface area contributed by atoms with Crippen LogP contribution in [0.1, 0.15) is 44.0 Å². The van der Waals surface area contributed by atoms with Crippen LogP contribution in [-0.4, -0.2) is 26.9 Å². The number of fused-ring (bicyclic) bond motifs is 3. The van der Waals surface area contributed by atoms with E-state index < -0.39 is 10.0 Å². The van der Waals surface area contributed by atoms with E-state index in [9.17, 15) is 8.42 Å². The molecular weight excluding hydrogens is 372 g/mol. The maximum atomic E-state index is 13.1. The molecule has 144 valence electrons. The zero-order valence-electron chi connectivity index (χ0n) is 15.7. The van der Waals surface area contributed by atoms with Crippen molar-refractivity contribution in [2.24, 2.45) is 0 Å². The second kappa shape index (κ2) is 6.44. The van der Waals surface area contributed by atoms with Gasteiger partial charge >= 0.3 is 0 Å². The summed E-state index contributed by atoms with van der Waals surface area (Å²) in [5, 5.41) is 0.836.